The first-order valence-electron chi connectivity index (χ1n) is 10.1. The van der Waals surface area contributed by atoms with Gasteiger partial charge in [0, 0.05) is 17.5 Å². The summed E-state index contributed by atoms with van der Waals surface area (Å²) in [6, 6.07) is 24.9. The number of H-pyrrole nitrogens is 1. The fourth-order valence-electron chi connectivity index (χ4n) is 3.68. The van der Waals surface area contributed by atoms with Crippen molar-refractivity contribution in [1.82, 2.24) is 20.2 Å². The molecule has 0 saturated carbocycles. The standard InChI is InChI=1S/C27H20N4/c1-3-19-6-4-9-23(14-19)25-17-28-27-26(29-25)24(30-31-27)16-20-7-5-8-22(15-20)21-12-10-18(2)11-13-21/h1,4-15,17H,16H2,2H3,(H,28,30,31). The molecule has 0 unspecified atom stereocenters. The minimum Gasteiger partial charge on any atom is -0.278 e. The molecule has 0 spiro atoms. The number of aromatic nitrogens is 4. The molecule has 0 saturated heterocycles. The Kier molecular flexibility index (Phi) is 4.78. The molecule has 1 N–H and O–H groups in total. The van der Waals surface area contributed by atoms with Gasteiger partial charge in [-0.3, -0.25) is 5.10 Å². The lowest BCUT2D eigenvalue weighted by molar-refractivity contribution is 1.00. The molecule has 0 aliphatic heterocycles. The Morgan fingerprint density at radius 1 is 0.903 bits per heavy atom. The van der Waals surface area contributed by atoms with E-state index >= 15 is 0 Å². The van der Waals surface area contributed by atoms with E-state index in [4.69, 9.17) is 11.4 Å². The molecular weight excluding hydrogens is 380 g/mol. The summed E-state index contributed by atoms with van der Waals surface area (Å²) in [6.07, 6.45) is 7.97. The number of aromatic amines is 1. The van der Waals surface area contributed by atoms with Gasteiger partial charge in [0.15, 0.2) is 5.65 Å². The molecule has 0 atom stereocenters. The summed E-state index contributed by atoms with van der Waals surface area (Å²) in [6.45, 7) is 2.10. The molecule has 2 aromatic heterocycles. The average molecular weight is 400 g/mol. The minimum absolute atomic E-state index is 0.613. The fourth-order valence-corrected chi connectivity index (χ4v) is 3.68. The summed E-state index contributed by atoms with van der Waals surface area (Å²) in [4.78, 5) is 9.33. The van der Waals surface area contributed by atoms with Crippen molar-refractivity contribution in [3.05, 3.63) is 101 Å². The maximum atomic E-state index is 5.54. The molecule has 0 radical (unpaired) electrons. The molecule has 0 aliphatic carbocycles. The number of rotatable bonds is 4. The zero-order chi connectivity index (χ0) is 21.2. The summed E-state index contributed by atoms with van der Waals surface area (Å²) in [7, 11) is 0. The van der Waals surface area contributed by atoms with Crippen LogP contribution < -0.4 is 0 Å². The maximum Gasteiger partial charge on any atom is 0.199 e. The van der Waals surface area contributed by atoms with Crippen LogP contribution in [0.5, 0.6) is 0 Å². The molecule has 0 aliphatic rings. The lowest BCUT2D eigenvalue weighted by atomic mass is 10.00. The van der Waals surface area contributed by atoms with Crippen LogP contribution in [-0.2, 0) is 6.42 Å². The van der Waals surface area contributed by atoms with E-state index in [1.807, 2.05) is 24.3 Å². The van der Waals surface area contributed by atoms with Gasteiger partial charge in [-0.25, -0.2) is 9.97 Å². The third-order valence-corrected chi connectivity index (χ3v) is 5.35. The normalized spacial score (nSPS) is 10.8. The second-order valence-electron chi connectivity index (χ2n) is 7.60. The van der Waals surface area contributed by atoms with Crippen molar-refractivity contribution in [2.75, 3.05) is 0 Å². The van der Waals surface area contributed by atoms with Crippen LogP contribution in [0, 0.1) is 19.3 Å². The highest BCUT2D eigenvalue weighted by Crippen LogP contribution is 2.25. The van der Waals surface area contributed by atoms with E-state index in [9.17, 15) is 0 Å². The van der Waals surface area contributed by atoms with Gasteiger partial charge in [-0.05, 0) is 35.7 Å². The maximum absolute atomic E-state index is 5.54. The molecule has 31 heavy (non-hydrogen) atoms. The highest BCUT2D eigenvalue weighted by Gasteiger charge is 2.12. The van der Waals surface area contributed by atoms with Crippen LogP contribution >= 0.6 is 0 Å². The highest BCUT2D eigenvalue weighted by molar-refractivity contribution is 5.77. The number of terminal acetylenes is 1. The molecular formula is C27H20N4. The predicted octanol–water partition coefficient (Wildman–Crippen LogP) is 5.57. The van der Waals surface area contributed by atoms with Crippen molar-refractivity contribution in [1.29, 1.82) is 0 Å². The summed E-state index contributed by atoms with van der Waals surface area (Å²) >= 11 is 0. The van der Waals surface area contributed by atoms with E-state index in [1.54, 1.807) is 6.20 Å². The molecule has 148 valence electrons. The Morgan fingerprint density at radius 2 is 1.71 bits per heavy atom. The number of aryl methyl sites for hydroxylation is 1. The third kappa shape index (κ3) is 3.82. The van der Waals surface area contributed by atoms with E-state index in [2.05, 4.69) is 76.6 Å². The summed E-state index contributed by atoms with van der Waals surface area (Å²) < 4.78 is 0. The number of hydrogen-bond acceptors (Lipinski definition) is 3. The molecule has 4 nitrogen and oxygen atoms in total. The smallest absolute Gasteiger partial charge is 0.199 e. The van der Waals surface area contributed by atoms with Crippen molar-refractivity contribution in [3.8, 4) is 34.7 Å². The molecule has 3 aromatic carbocycles. The Labute approximate surface area is 181 Å². The largest absolute Gasteiger partial charge is 0.278 e. The van der Waals surface area contributed by atoms with E-state index < -0.39 is 0 Å². The van der Waals surface area contributed by atoms with E-state index in [0.29, 0.717) is 12.1 Å². The SMILES string of the molecule is C#Cc1cccc(-c2cnc3n[nH]c(Cc4cccc(-c5ccc(C)cc5)c4)c3n2)c1. The van der Waals surface area contributed by atoms with Crippen LogP contribution in [0.25, 0.3) is 33.5 Å². The van der Waals surface area contributed by atoms with Gasteiger partial charge >= 0.3 is 0 Å². The van der Waals surface area contributed by atoms with Crippen LogP contribution in [0.15, 0.2) is 79.0 Å². The lowest BCUT2D eigenvalue weighted by Gasteiger charge is -2.06. The van der Waals surface area contributed by atoms with Gasteiger partial charge in [0.1, 0.15) is 5.52 Å². The van der Waals surface area contributed by atoms with Crippen LogP contribution in [0.1, 0.15) is 22.4 Å². The first kappa shape index (κ1) is 18.8. The van der Waals surface area contributed by atoms with Gasteiger partial charge in [0.25, 0.3) is 0 Å². The van der Waals surface area contributed by atoms with Crippen molar-refractivity contribution < 1.29 is 0 Å². The summed E-state index contributed by atoms with van der Waals surface area (Å²) in [5.74, 6) is 2.67. The first-order valence-corrected chi connectivity index (χ1v) is 10.1. The van der Waals surface area contributed by atoms with Gasteiger partial charge in [-0.15, -0.1) is 6.42 Å². The number of fused-ring (bicyclic) bond motifs is 1. The Hall–Kier alpha value is -4.23. The molecule has 2 heterocycles. The van der Waals surface area contributed by atoms with Crippen LogP contribution in [-0.4, -0.2) is 20.2 Å². The monoisotopic (exact) mass is 400 g/mol. The number of hydrogen-bond donors (Lipinski definition) is 1. The van der Waals surface area contributed by atoms with Gasteiger partial charge < -0.3 is 0 Å². The van der Waals surface area contributed by atoms with Crippen LogP contribution in [0.4, 0.5) is 0 Å². The van der Waals surface area contributed by atoms with Crippen molar-refractivity contribution >= 4 is 11.2 Å². The van der Waals surface area contributed by atoms with E-state index in [1.165, 1.54) is 22.3 Å². The van der Waals surface area contributed by atoms with E-state index in [-0.39, 0.29) is 0 Å². The van der Waals surface area contributed by atoms with Gasteiger partial charge in [0.05, 0.1) is 17.6 Å². The fraction of sp³-hybridized carbons (Fsp3) is 0.0741. The second-order valence-corrected chi connectivity index (χ2v) is 7.60. The number of nitrogens with one attached hydrogen (secondary N) is 1. The Morgan fingerprint density at radius 3 is 2.55 bits per heavy atom. The average Bonchev–Trinajstić information content (AvgIpc) is 3.21. The molecule has 0 amide bonds. The molecule has 0 bridgehead atoms. The second kappa shape index (κ2) is 7.89. The molecule has 5 aromatic rings. The summed E-state index contributed by atoms with van der Waals surface area (Å²) in [5.41, 5.74) is 9.72. The summed E-state index contributed by atoms with van der Waals surface area (Å²) in [5, 5.41) is 7.47. The number of nitrogens with zero attached hydrogens (tertiary/aromatic N) is 3. The quantitative estimate of drug-likeness (QED) is 0.401. The van der Waals surface area contributed by atoms with Crippen LogP contribution in [0.3, 0.4) is 0 Å². The van der Waals surface area contributed by atoms with Crippen molar-refractivity contribution in [3.63, 3.8) is 0 Å². The molecule has 5 rings (SSSR count). The lowest BCUT2D eigenvalue weighted by Crippen LogP contribution is -1.93. The number of benzene rings is 3. The van der Waals surface area contributed by atoms with Crippen LogP contribution in [0.2, 0.25) is 0 Å². The van der Waals surface area contributed by atoms with Crippen molar-refractivity contribution in [2.45, 2.75) is 13.3 Å². The minimum atomic E-state index is 0.613. The molecule has 4 heteroatoms. The Balaban J connectivity index is 1.49. The highest BCUT2D eigenvalue weighted by atomic mass is 15.2. The topological polar surface area (TPSA) is 54.5 Å². The van der Waals surface area contributed by atoms with Gasteiger partial charge in [-0.1, -0.05) is 72.1 Å². The van der Waals surface area contributed by atoms with Crippen molar-refractivity contribution in [2.24, 2.45) is 0 Å². The van der Waals surface area contributed by atoms with E-state index in [0.717, 1.165) is 28.0 Å². The Bertz CT molecular complexity index is 1420. The third-order valence-electron chi connectivity index (χ3n) is 5.35. The zero-order valence-corrected chi connectivity index (χ0v) is 17.1. The van der Waals surface area contributed by atoms with Gasteiger partial charge in [0.2, 0.25) is 0 Å². The predicted molar refractivity (Wildman–Crippen MR) is 124 cm³/mol. The zero-order valence-electron chi connectivity index (χ0n) is 17.1. The first-order chi connectivity index (χ1) is 15.2. The van der Waals surface area contributed by atoms with Gasteiger partial charge in [-0.2, -0.15) is 5.10 Å². The molecule has 0 fully saturated rings.